The number of para-hydroxylation sites is 1. The van der Waals surface area contributed by atoms with Crippen LogP contribution in [0.4, 0.5) is 0 Å². The highest BCUT2D eigenvalue weighted by atomic mass is 16.5. The smallest absolute Gasteiger partial charge is 0.305 e. The van der Waals surface area contributed by atoms with Gasteiger partial charge in [-0.15, -0.1) is 0 Å². The predicted octanol–water partition coefficient (Wildman–Crippen LogP) is 3.50. The van der Waals surface area contributed by atoms with Crippen LogP contribution in [-0.4, -0.2) is 21.6 Å². The Hall–Kier alpha value is -3.55. The lowest BCUT2D eigenvalue weighted by Crippen LogP contribution is -2.42. The van der Waals surface area contributed by atoms with Gasteiger partial charge in [0.05, 0.1) is 16.8 Å². The van der Waals surface area contributed by atoms with Crippen LogP contribution in [0.2, 0.25) is 0 Å². The number of hydrogen-bond acceptors (Lipinski definition) is 5. The summed E-state index contributed by atoms with van der Waals surface area (Å²) in [5.74, 6) is 0.267. The van der Waals surface area contributed by atoms with Gasteiger partial charge in [-0.3, -0.25) is 25.1 Å². The number of aryl methyl sites for hydroxylation is 1. The number of amides is 2. The molecule has 0 unspecified atom stereocenters. The van der Waals surface area contributed by atoms with Gasteiger partial charge in [0.2, 0.25) is 0 Å². The van der Waals surface area contributed by atoms with Crippen molar-refractivity contribution in [3.8, 4) is 5.75 Å². The maximum absolute atomic E-state index is 12.6. The van der Waals surface area contributed by atoms with E-state index in [-0.39, 0.29) is 17.9 Å². The van der Waals surface area contributed by atoms with Gasteiger partial charge in [-0.1, -0.05) is 18.2 Å². The van der Waals surface area contributed by atoms with E-state index in [0.717, 1.165) is 5.69 Å². The second kappa shape index (κ2) is 8.44. The second-order valence-electron chi connectivity index (χ2n) is 7.90. The maximum atomic E-state index is 12.6. The summed E-state index contributed by atoms with van der Waals surface area (Å²) in [6.07, 6.45) is 0. The standard InChI is InChI=1S/C22H26N4O4/c1-14-19(15(2)26(25-14)22(3,4)5)21(28)24-23-20(27)18-12-11-17(30-18)13-29-16-9-7-6-8-10-16/h6-12H,13H2,1-5H3,(H,23,27)(H,24,28). The molecule has 0 fully saturated rings. The van der Waals surface area contributed by atoms with Crippen molar-refractivity contribution in [3.63, 3.8) is 0 Å². The number of carbonyl (C=O) groups excluding carboxylic acids is 2. The Balaban J connectivity index is 1.59. The van der Waals surface area contributed by atoms with Crippen molar-refractivity contribution in [1.29, 1.82) is 0 Å². The van der Waals surface area contributed by atoms with E-state index in [0.29, 0.717) is 22.8 Å². The molecule has 30 heavy (non-hydrogen) atoms. The van der Waals surface area contributed by atoms with Gasteiger partial charge < -0.3 is 9.15 Å². The molecule has 0 radical (unpaired) electrons. The topological polar surface area (TPSA) is 98.4 Å². The number of hydrazine groups is 1. The number of carbonyl (C=O) groups is 2. The molecule has 3 aromatic rings. The summed E-state index contributed by atoms with van der Waals surface area (Å²) in [7, 11) is 0. The van der Waals surface area contributed by atoms with Crippen molar-refractivity contribution < 1.29 is 18.7 Å². The van der Waals surface area contributed by atoms with E-state index < -0.39 is 11.8 Å². The van der Waals surface area contributed by atoms with E-state index in [9.17, 15) is 9.59 Å². The van der Waals surface area contributed by atoms with Gasteiger partial charge >= 0.3 is 5.91 Å². The van der Waals surface area contributed by atoms with E-state index in [4.69, 9.17) is 9.15 Å². The lowest BCUT2D eigenvalue weighted by molar-refractivity contribution is 0.0827. The molecule has 0 aliphatic rings. The molecule has 8 nitrogen and oxygen atoms in total. The molecule has 2 aromatic heterocycles. The van der Waals surface area contributed by atoms with Crippen LogP contribution in [0, 0.1) is 13.8 Å². The molecule has 2 N–H and O–H groups in total. The van der Waals surface area contributed by atoms with E-state index in [1.807, 2.05) is 58.0 Å². The number of hydrogen-bond donors (Lipinski definition) is 2. The molecular formula is C22H26N4O4. The highest BCUT2D eigenvalue weighted by Gasteiger charge is 2.25. The van der Waals surface area contributed by atoms with Crippen LogP contribution in [0.3, 0.4) is 0 Å². The minimum atomic E-state index is -0.562. The molecule has 0 aliphatic heterocycles. The van der Waals surface area contributed by atoms with E-state index >= 15 is 0 Å². The van der Waals surface area contributed by atoms with Crippen molar-refractivity contribution in [1.82, 2.24) is 20.6 Å². The quantitative estimate of drug-likeness (QED) is 0.627. The molecule has 0 aliphatic carbocycles. The number of rotatable bonds is 5. The molecule has 2 heterocycles. The van der Waals surface area contributed by atoms with Gasteiger partial charge in [0.15, 0.2) is 5.76 Å². The molecule has 0 saturated heterocycles. The maximum Gasteiger partial charge on any atom is 0.305 e. The van der Waals surface area contributed by atoms with E-state index in [2.05, 4.69) is 16.0 Å². The highest BCUT2D eigenvalue weighted by molar-refractivity contribution is 5.99. The Morgan fingerprint density at radius 1 is 1.03 bits per heavy atom. The fourth-order valence-corrected chi connectivity index (χ4v) is 3.11. The van der Waals surface area contributed by atoms with Crippen molar-refractivity contribution in [3.05, 3.63) is 70.9 Å². The van der Waals surface area contributed by atoms with Gasteiger partial charge in [-0.05, 0) is 58.9 Å². The van der Waals surface area contributed by atoms with Crippen molar-refractivity contribution in [2.45, 2.75) is 46.8 Å². The van der Waals surface area contributed by atoms with Crippen LogP contribution in [0.1, 0.15) is 58.8 Å². The van der Waals surface area contributed by atoms with Crippen molar-refractivity contribution in [2.24, 2.45) is 0 Å². The molecule has 0 saturated carbocycles. The van der Waals surface area contributed by atoms with Crippen molar-refractivity contribution in [2.75, 3.05) is 0 Å². The molecule has 0 bridgehead atoms. The molecule has 158 valence electrons. The van der Waals surface area contributed by atoms with Crippen LogP contribution >= 0.6 is 0 Å². The highest BCUT2D eigenvalue weighted by Crippen LogP contribution is 2.21. The lowest BCUT2D eigenvalue weighted by atomic mass is 10.1. The molecule has 1 aromatic carbocycles. The number of benzene rings is 1. The Bertz CT molecular complexity index is 1050. The van der Waals surface area contributed by atoms with Gasteiger partial charge in [0.25, 0.3) is 5.91 Å². The first-order chi connectivity index (χ1) is 14.2. The molecule has 8 heteroatoms. The summed E-state index contributed by atoms with van der Waals surface area (Å²) in [5.41, 5.74) is 6.29. The molecule has 0 atom stereocenters. The Morgan fingerprint density at radius 3 is 2.33 bits per heavy atom. The Labute approximate surface area is 175 Å². The number of furan rings is 1. The fraction of sp³-hybridized carbons (Fsp3) is 0.318. The van der Waals surface area contributed by atoms with E-state index in [1.54, 1.807) is 17.7 Å². The molecule has 3 rings (SSSR count). The van der Waals surface area contributed by atoms with Crippen LogP contribution in [0.25, 0.3) is 0 Å². The third kappa shape index (κ3) is 4.71. The molecular weight excluding hydrogens is 384 g/mol. The SMILES string of the molecule is Cc1nn(C(C)(C)C)c(C)c1C(=O)NNC(=O)c1ccc(COc2ccccc2)o1. The average Bonchev–Trinajstić information content (AvgIpc) is 3.29. The summed E-state index contributed by atoms with van der Waals surface area (Å²) in [6.45, 7) is 9.79. The number of nitrogens with one attached hydrogen (secondary N) is 2. The second-order valence-corrected chi connectivity index (χ2v) is 7.90. The summed E-state index contributed by atoms with van der Waals surface area (Å²) < 4.78 is 12.9. The minimum absolute atomic E-state index is 0.0702. The summed E-state index contributed by atoms with van der Waals surface area (Å²) in [6, 6.07) is 12.5. The zero-order valence-electron chi connectivity index (χ0n) is 17.8. The normalized spacial score (nSPS) is 11.2. The molecule has 0 spiro atoms. The van der Waals surface area contributed by atoms with Gasteiger partial charge in [0, 0.05) is 5.69 Å². The first kappa shape index (κ1) is 21.2. The predicted molar refractivity (Wildman–Crippen MR) is 111 cm³/mol. The van der Waals surface area contributed by atoms with Crippen LogP contribution in [-0.2, 0) is 12.1 Å². The van der Waals surface area contributed by atoms with Crippen LogP contribution in [0.5, 0.6) is 5.75 Å². The van der Waals surface area contributed by atoms with Gasteiger partial charge in [-0.25, -0.2) is 0 Å². The average molecular weight is 410 g/mol. The molecule has 2 amide bonds. The zero-order chi connectivity index (χ0) is 21.9. The van der Waals surface area contributed by atoms with Gasteiger partial charge in [-0.2, -0.15) is 5.10 Å². The monoisotopic (exact) mass is 410 g/mol. The Morgan fingerprint density at radius 2 is 1.70 bits per heavy atom. The number of nitrogens with zero attached hydrogens (tertiary/aromatic N) is 2. The van der Waals surface area contributed by atoms with Gasteiger partial charge in [0.1, 0.15) is 18.1 Å². The first-order valence-corrected chi connectivity index (χ1v) is 9.61. The Kier molecular flexibility index (Phi) is 5.96. The lowest BCUT2D eigenvalue weighted by Gasteiger charge is -2.21. The summed E-state index contributed by atoms with van der Waals surface area (Å²) in [5, 5.41) is 4.45. The van der Waals surface area contributed by atoms with E-state index in [1.165, 1.54) is 6.07 Å². The van der Waals surface area contributed by atoms with Crippen LogP contribution < -0.4 is 15.6 Å². The third-order valence-corrected chi connectivity index (χ3v) is 4.45. The third-order valence-electron chi connectivity index (χ3n) is 4.45. The number of ether oxygens (including phenoxy) is 1. The number of aromatic nitrogens is 2. The van der Waals surface area contributed by atoms with Crippen LogP contribution in [0.15, 0.2) is 46.9 Å². The first-order valence-electron chi connectivity index (χ1n) is 9.61. The zero-order valence-corrected chi connectivity index (χ0v) is 17.8. The summed E-state index contributed by atoms with van der Waals surface area (Å²) in [4.78, 5) is 24.9. The largest absolute Gasteiger partial charge is 0.486 e. The minimum Gasteiger partial charge on any atom is -0.486 e. The van der Waals surface area contributed by atoms with Crippen molar-refractivity contribution >= 4 is 11.8 Å². The fourth-order valence-electron chi connectivity index (χ4n) is 3.11. The summed E-state index contributed by atoms with van der Waals surface area (Å²) >= 11 is 0.